The topological polar surface area (TPSA) is 36.1 Å². The van der Waals surface area contributed by atoms with Crippen LogP contribution in [-0.4, -0.2) is 26.7 Å². The molecule has 1 aromatic heterocycles. The third kappa shape index (κ3) is 2.10. The van der Waals surface area contributed by atoms with Crippen LogP contribution in [0.25, 0.3) is 6.08 Å². The predicted molar refractivity (Wildman–Crippen MR) is 70.9 cm³/mol. The van der Waals surface area contributed by atoms with Crippen LogP contribution in [0.15, 0.2) is 35.9 Å². The first-order valence-corrected chi connectivity index (χ1v) is 5.94. The minimum absolute atomic E-state index is 0.0514. The molecule has 2 rings (SSSR count). The van der Waals surface area contributed by atoms with Crippen molar-refractivity contribution in [1.29, 1.82) is 0 Å². The highest BCUT2D eigenvalue weighted by Gasteiger charge is 2.30. The highest BCUT2D eigenvalue weighted by molar-refractivity contribution is 8.26. The average Bonchev–Trinajstić information content (AvgIpc) is 2.84. The lowest BCUT2D eigenvalue weighted by Crippen LogP contribution is -2.27. The van der Waals surface area contributed by atoms with Gasteiger partial charge in [0.15, 0.2) is 0 Å². The van der Waals surface area contributed by atoms with Crippen molar-refractivity contribution in [3.8, 4) is 0 Å². The number of nitrogens with zero attached hydrogens (tertiary/aromatic N) is 1. The Labute approximate surface area is 103 Å². The van der Waals surface area contributed by atoms with Gasteiger partial charge in [-0.2, -0.15) is 0 Å². The van der Waals surface area contributed by atoms with Crippen molar-refractivity contribution < 1.29 is 4.79 Å². The van der Waals surface area contributed by atoms with E-state index in [1.54, 1.807) is 11.0 Å². The van der Waals surface area contributed by atoms with Gasteiger partial charge in [-0.1, -0.05) is 30.1 Å². The summed E-state index contributed by atoms with van der Waals surface area (Å²) in [6, 6.07) is 3.79. The summed E-state index contributed by atoms with van der Waals surface area (Å²) in [5, 5.41) is 0. The van der Waals surface area contributed by atoms with Crippen molar-refractivity contribution in [2.75, 3.05) is 6.54 Å². The van der Waals surface area contributed by atoms with Crippen LogP contribution in [0.4, 0.5) is 0 Å². The number of H-pyrrole nitrogens is 1. The number of aromatic amines is 1. The Hall–Kier alpha value is -1.33. The lowest BCUT2D eigenvalue weighted by molar-refractivity contribution is -0.121. The highest BCUT2D eigenvalue weighted by atomic mass is 32.2. The van der Waals surface area contributed by atoms with Gasteiger partial charge >= 0.3 is 0 Å². The second kappa shape index (κ2) is 4.67. The molecule has 0 saturated carbocycles. The number of carbonyl (C=O) groups excluding carboxylic acids is 1. The van der Waals surface area contributed by atoms with Crippen LogP contribution in [0.2, 0.25) is 0 Å². The van der Waals surface area contributed by atoms with Crippen LogP contribution < -0.4 is 0 Å². The van der Waals surface area contributed by atoms with Gasteiger partial charge in [0, 0.05) is 18.4 Å². The number of aromatic nitrogens is 1. The van der Waals surface area contributed by atoms with Crippen LogP contribution in [-0.2, 0) is 4.79 Å². The van der Waals surface area contributed by atoms with Gasteiger partial charge in [-0.3, -0.25) is 9.69 Å². The average molecular weight is 250 g/mol. The summed E-state index contributed by atoms with van der Waals surface area (Å²) in [6.07, 6.45) is 5.29. The Morgan fingerprint density at radius 1 is 1.62 bits per heavy atom. The van der Waals surface area contributed by atoms with E-state index in [4.69, 9.17) is 12.2 Å². The second-order valence-electron chi connectivity index (χ2n) is 3.21. The van der Waals surface area contributed by atoms with Crippen molar-refractivity contribution >= 4 is 40.3 Å². The van der Waals surface area contributed by atoms with Crippen molar-refractivity contribution in [3.63, 3.8) is 0 Å². The Bertz CT molecular complexity index is 462. The summed E-state index contributed by atoms with van der Waals surface area (Å²) < 4.78 is 0.586. The van der Waals surface area contributed by atoms with E-state index in [9.17, 15) is 4.79 Å². The summed E-state index contributed by atoms with van der Waals surface area (Å²) in [5.74, 6) is -0.0514. The van der Waals surface area contributed by atoms with Crippen LogP contribution in [0.5, 0.6) is 0 Å². The lowest BCUT2D eigenvalue weighted by Gasteiger charge is -2.10. The van der Waals surface area contributed by atoms with E-state index >= 15 is 0 Å². The molecular weight excluding hydrogens is 240 g/mol. The summed E-state index contributed by atoms with van der Waals surface area (Å²) in [7, 11) is 0. The zero-order valence-electron chi connectivity index (χ0n) is 8.47. The molecule has 1 aliphatic heterocycles. The number of thioether (sulfide) groups is 1. The van der Waals surface area contributed by atoms with Gasteiger partial charge < -0.3 is 4.98 Å². The van der Waals surface area contributed by atoms with Crippen molar-refractivity contribution in [2.24, 2.45) is 0 Å². The maximum absolute atomic E-state index is 11.9. The standard InChI is InChI=1S/C11H10N2OS2/c1-2-6-13-10(14)9(16-11(13)15)7-8-4-3-5-12-8/h2-5,7,12H,1,6H2. The van der Waals surface area contributed by atoms with E-state index in [1.807, 2.05) is 24.4 Å². The number of amides is 1. The second-order valence-corrected chi connectivity index (χ2v) is 4.88. The summed E-state index contributed by atoms with van der Waals surface area (Å²) in [5.41, 5.74) is 0.902. The molecule has 0 aromatic carbocycles. The summed E-state index contributed by atoms with van der Waals surface area (Å²) in [4.78, 5) is 17.1. The highest BCUT2D eigenvalue weighted by Crippen LogP contribution is 2.31. The molecule has 82 valence electrons. The molecule has 1 fully saturated rings. The van der Waals surface area contributed by atoms with Crippen molar-refractivity contribution in [2.45, 2.75) is 0 Å². The molecule has 0 spiro atoms. The number of hydrogen-bond acceptors (Lipinski definition) is 3. The molecule has 1 aliphatic rings. The molecule has 0 unspecified atom stereocenters. The first kappa shape index (κ1) is 11.2. The minimum Gasteiger partial charge on any atom is -0.362 e. The van der Waals surface area contributed by atoms with E-state index in [2.05, 4.69) is 11.6 Å². The van der Waals surface area contributed by atoms with Crippen molar-refractivity contribution in [3.05, 3.63) is 41.6 Å². The number of carbonyl (C=O) groups is 1. The Morgan fingerprint density at radius 3 is 3.06 bits per heavy atom. The monoisotopic (exact) mass is 250 g/mol. The molecule has 1 amide bonds. The fourth-order valence-electron chi connectivity index (χ4n) is 1.36. The first-order valence-electron chi connectivity index (χ1n) is 4.72. The third-order valence-electron chi connectivity index (χ3n) is 2.09. The normalized spacial score (nSPS) is 18.5. The van der Waals surface area contributed by atoms with Crippen LogP contribution >= 0.6 is 24.0 Å². The largest absolute Gasteiger partial charge is 0.362 e. The molecule has 0 bridgehead atoms. The fourth-order valence-corrected chi connectivity index (χ4v) is 2.63. The molecule has 0 radical (unpaired) electrons. The molecule has 16 heavy (non-hydrogen) atoms. The van der Waals surface area contributed by atoms with Crippen LogP contribution in [0.1, 0.15) is 5.69 Å². The molecular formula is C11H10N2OS2. The van der Waals surface area contributed by atoms with E-state index in [1.165, 1.54) is 11.8 Å². The molecule has 0 aliphatic carbocycles. The third-order valence-corrected chi connectivity index (χ3v) is 3.47. The van der Waals surface area contributed by atoms with Crippen molar-refractivity contribution in [1.82, 2.24) is 9.88 Å². The number of hydrogen-bond donors (Lipinski definition) is 1. The first-order chi connectivity index (χ1) is 7.72. The Kier molecular flexibility index (Phi) is 3.26. The molecule has 1 saturated heterocycles. The Morgan fingerprint density at radius 2 is 2.44 bits per heavy atom. The quantitative estimate of drug-likeness (QED) is 0.508. The smallest absolute Gasteiger partial charge is 0.266 e. The summed E-state index contributed by atoms with van der Waals surface area (Å²) in [6.45, 7) is 4.07. The van der Waals surface area contributed by atoms with E-state index in [0.717, 1.165) is 5.69 Å². The predicted octanol–water partition coefficient (Wildman–Crippen LogP) is 2.40. The molecule has 1 N–H and O–H groups in total. The number of rotatable bonds is 3. The van der Waals surface area contributed by atoms with E-state index in [0.29, 0.717) is 15.8 Å². The minimum atomic E-state index is -0.0514. The van der Waals surface area contributed by atoms with Gasteiger partial charge in [0.05, 0.1) is 4.91 Å². The Balaban J connectivity index is 2.23. The van der Waals surface area contributed by atoms with Gasteiger partial charge in [0.1, 0.15) is 4.32 Å². The summed E-state index contributed by atoms with van der Waals surface area (Å²) >= 11 is 6.45. The van der Waals surface area contributed by atoms with Gasteiger partial charge in [-0.15, -0.1) is 6.58 Å². The zero-order chi connectivity index (χ0) is 11.5. The van der Waals surface area contributed by atoms with Gasteiger partial charge in [-0.25, -0.2) is 0 Å². The number of thiocarbonyl (C=S) groups is 1. The van der Waals surface area contributed by atoms with E-state index < -0.39 is 0 Å². The lowest BCUT2D eigenvalue weighted by atomic mass is 10.3. The van der Waals surface area contributed by atoms with Gasteiger partial charge in [0.25, 0.3) is 5.91 Å². The molecule has 0 atom stereocenters. The van der Waals surface area contributed by atoms with Gasteiger partial charge in [0.2, 0.25) is 0 Å². The molecule has 1 aromatic rings. The van der Waals surface area contributed by atoms with Crippen LogP contribution in [0.3, 0.4) is 0 Å². The molecule has 2 heterocycles. The van der Waals surface area contributed by atoms with Crippen LogP contribution in [0, 0.1) is 0 Å². The van der Waals surface area contributed by atoms with E-state index in [-0.39, 0.29) is 5.91 Å². The zero-order valence-corrected chi connectivity index (χ0v) is 10.1. The maximum Gasteiger partial charge on any atom is 0.266 e. The molecule has 3 nitrogen and oxygen atoms in total. The SMILES string of the molecule is C=CCN1C(=O)C(=Cc2ccc[nH]2)SC1=S. The number of nitrogens with one attached hydrogen (secondary N) is 1. The fraction of sp³-hybridized carbons (Fsp3) is 0.0909. The maximum atomic E-state index is 11.9. The molecule has 5 heteroatoms. The van der Waals surface area contributed by atoms with Gasteiger partial charge in [-0.05, 0) is 18.2 Å².